The van der Waals surface area contributed by atoms with Gasteiger partial charge in [0.05, 0.1) is 5.69 Å². The van der Waals surface area contributed by atoms with Crippen molar-refractivity contribution in [1.82, 2.24) is 15.0 Å². The molecular weight excluding hydrogens is 261 g/mol. The first kappa shape index (κ1) is 14.7. The van der Waals surface area contributed by atoms with Crippen LogP contribution in [0.4, 0.5) is 12.9 Å². The van der Waals surface area contributed by atoms with E-state index in [1.165, 1.54) is 24.3 Å². The second-order valence-corrected chi connectivity index (χ2v) is 3.18. The number of rotatable bonds is 2. The number of aromatic nitrogens is 3. The fraction of sp³-hybridized carbons (Fsp3) is 0. The number of halogens is 3. The maximum Gasteiger partial charge on any atom is 1.00 e. The molecule has 17 heavy (non-hydrogen) atoms. The zero-order valence-corrected chi connectivity index (χ0v) is 12.0. The summed E-state index contributed by atoms with van der Waals surface area (Å²) in [6.45, 7) is -5.13. The van der Waals surface area contributed by atoms with E-state index in [1.54, 1.807) is 0 Å². The van der Waals surface area contributed by atoms with Crippen molar-refractivity contribution in [2.24, 2.45) is 0 Å². The molecule has 0 spiro atoms. The number of hydrogen-bond acceptors (Lipinski definition) is 3. The van der Waals surface area contributed by atoms with Crippen LogP contribution in [0, 0.1) is 0 Å². The summed E-state index contributed by atoms with van der Waals surface area (Å²) in [5.74, 6) is 0.0316. The molecule has 0 bridgehead atoms. The van der Waals surface area contributed by atoms with E-state index in [0.29, 0.717) is 5.69 Å². The largest absolute Gasteiger partial charge is 1.00 e. The predicted molar refractivity (Wildman–Crippen MR) is 51.7 cm³/mol. The van der Waals surface area contributed by atoms with Crippen LogP contribution in [0.1, 0.15) is 0 Å². The van der Waals surface area contributed by atoms with Crippen molar-refractivity contribution in [3.63, 3.8) is 0 Å². The van der Waals surface area contributed by atoms with Gasteiger partial charge in [0.2, 0.25) is 0 Å². The minimum absolute atomic E-state index is 0. The molecule has 0 atom stereocenters. The molecule has 9 heteroatoms. The Morgan fingerprint density at radius 1 is 1.12 bits per heavy atom. The third kappa shape index (κ3) is 3.55. The van der Waals surface area contributed by atoms with Gasteiger partial charge in [-0.15, -0.1) is 0 Å². The summed E-state index contributed by atoms with van der Waals surface area (Å²) in [5, 5.41) is 15.4. The van der Waals surface area contributed by atoms with Crippen LogP contribution < -0.4 is 57.0 Å². The molecular formula is C8H6BF3KN3O. The number of aromatic hydroxyl groups is 1. The average Bonchev–Trinajstić information content (AvgIpc) is 2.67. The summed E-state index contributed by atoms with van der Waals surface area (Å²) in [6.07, 6.45) is 0.812. The first-order valence-corrected chi connectivity index (χ1v) is 4.38. The van der Waals surface area contributed by atoms with Crippen molar-refractivity contribution < 1.29 is 69.4 Å². The molecule has 0 aliphatic heterocycles. The van der Waals surface area contributed by atoms with E-state index in [4.69, 9.17) is 5.11 Å². The zero-order chi connectivity index (χ0) is 11.8. The second-order valence-electron chi connectivity index (χ2n) is 3.18. The summed E-state index contributed by atoms with van der Waals surface area (Å²) >= 11 is 0. The minimum atomic E-state index is -5.13. The first-order chi connectivity index (χ1) is 7.47. The van der Waals surface area contributed by atoms with Gasteiger partial charge < -0.3 is 18.1 Å². The molecule has 0 unspecified atom stereocenters. The Kier molecular flexibility index (Phi) is 4.78. The van der Waals surface area contributed by atoms with Crippen LogP contribution in [0.5, 0.6) is 5.75 Å². The minimum Gasteiger partial charge on any atom is -0.508 e. The SMILES string of the molecule is Oc1ccc(-n2cc([B-](F)(F)F)nn2)cc1.[K+]. The van der Waals surface area contributed by atoms with Gasteiger partial charge in [0.25, 0.3) is 0 Å². The van der Waals surface area contributed by atoms with Crippen LogP contribution in [0.25, 0.3) is 5.69 Å². The van der Waals surface area contributed by atoms with Crippen LogP contribution in [0.3, 0.4) is 0 Å². The molecule has 1 N–H and O–H groups in total. The predicted octanol–water partition coefficient (Wildman–Crippen LogP) is -1.97. The molecule has 1 heterocycles. The Balaban J connectivity index is 0.00000144. The van der Waals surface area contributed by atoms with Crippen LogP contribution >= 0.6 is 0 Å². The van der Waals surface area contributed by atoms with Gasteiger partial charge in [-0.25, -0.2) is 4.68 Å². The van der Waals surface area contributed by atoms with Gasteiger partial charge in [-0.3, -0.25) is 0 Å². The Bertz CT molecular complexity index is 499. The van der Waals surface area contributed by atoms with Gasteiger partial charge in [0.1, 0.15) is 5.75 Å². The molecule has 1 aromatic carbocycles. The van der Waals surface area contributed by atoms with Gasteiger partial charge in [0, 0.05) is 11.8 Å². The Morgan fingerprint density at radius 2 is 1.71 bits per heavy atom. The topological polar surface area (TPSA) is 50.9 Å². The van der Waals surface area contributed by atoms with E-state index in [-0.39, 0.29) is 57.1 Å². The molecule has 0 aliphatic carbocycles. The molecule has 0 saturated carbocycles. The van der Waals surface area contributed by atoms with Crippen LogP contribution in [0.15, 0.2) is 30.5 Å². The first-order valence-electron chi connectivity index (χ1n) is 4.38. The van der Waals surface area contributed by atoms with Crippen molar-refractivity contribution in [3.05, 3.63) is 30.5 Å². The molecule has 0 amide bonds. The zero-order valence-electron chi connectivity index (χ0n) is 8.89. The number of hydrogen-bond donors (Lipinski definition) is 1. The third-order valence-electron chi connectivity index (χ3n) is 1.96. The second kappa shape index (κ2) is 5.53. The monoisotopic (exact) mass is 267 g/mol. The molecule has 0 saturated heterocycles. The number of nitrogens with zero attached hydrogens (tertiary/aromatic N) is 3. The molecule has 0 radical (unpaired) electrons. The van der Waals surface area contributed by atoms with Crippen molar-refractivity contribution in [1.29, 1.82) is 0 Å². The van der Waals surface area contributed by atoms with Crippen LogP contribution in [-0.2, 0) is 0 Å². The molecule has 4 nitrogen and oxygen atoms in total. The molecule has 1 aromatic heterocycles. The third-order valence-corrected chi connectivity index (χ3v) is 1.96. The summed E-state index contributed by atoms with van der Waals surface area (Å²) in [4.78, 5) is 0. The summed E-state index contributed by atoms with van der Waals surface area (Å²) in [7, 11) is 0. The Hall–Kier alpha value is -0.349. The van der Waals surface area contributed by atoms with Gasteiger partial charge in [0.15, 0.2) is 0 Å². The molecule has 0 aliphatic rings. The van der Waals surface area contributed by atoms with Crippen molar-refractivity contribution in [2.45, 2.75) is 0 Å². The van der Waals surface area contributed by atoms with E-state index >= 15 is 0 Å². The fourth-order valence-electron chi connectivity index (χ4n) is 1.16. The van der Waals surface area contributed by atoms with E-state index in [1.807, 2.05) is 0 Å². The van der Waals surface area contributed by atoms with E-state index in [2.05, 4.69) is 10.3 Å². The van der Waals surface area contributed by atoms with Crippen molar-refractivity contribution in [2.75, 3.05) is 0 Å². The molecule has 84 valence electrons. The quantitative estimate of drug-likeness (QED) is 0.642. The fourth-order valence-corrected chi connectivity index (χ4v) is 1.16. The summed E-state index contributed by atoms with van der Waals surface area (Å²) < 4.78 is 37.9. The van der Waals surface area contributed by atoms with Crippen molar-refractivity contribution >= 4 is 12.6 Å². The molecule has 2 aromatic rings. The van der Waals surface area contributed by atoms with Crippen LogP contribution in [-0.4, -0.2) is 27.1 Å². The van der Waals surface area contributed by atoms with Gasteiger partial charge in [-0.1, -0.05) is 5.21 Å². The summed E-state index contributed by atoms with van der Waals surface area (Å²) in [6, 6.07) is 5.60. The van der Waals surface area contributed by atoms with E-state index < -0.39 is 12.6 Å². The normalized spacial score (nSPS) is 11.0. The van der Waals surface area contributed by atoms with Gasteiger partial charge >= 0.3 is 58.4 Å². The standard InChI is InChI=1S/C8H6BF3N3O.K/c10-9(11,12)8-5-15(14-13-8)6-1-3-7(16)4-2-6;/h1-5,16H;/q-1;+1. The maximum atomic E-state index is 12.3. The van der Waals surface area contributed by atoms with Gasteiger partial charge in [-0.2, -0.15) is 5.10 Å². The van der Waals surface area contributed by atoms with Crippen molar-refractivity contribution in [3.8, 4) is 11.4 Å². The number of benzene rings is 1. The molecule has 2 rings (SSSR count). The maximum absolute atomic E-state index is 12.3. The van der Waals surface area contributed by atoms with E-state index in [9.17, 15) is 12.9 Å². The molecule has 0 fully saturated rings. The Morgan fingerprint density at radius 3 is 2.18 bits per heavy atom. The van der Waals surface area contributed by atoms with E-state index in [0.717, 1.165) is 10.9 Å². The smallest absolute Gasteiger partial charge is 0.508 e. The number of phenolic OH excluding ortho intramolecular Hbond substituents is 1. The van der Waals surface area contributed by atoms with Crippen LogP contribution in [0.2, 0.25) is 0 Å². The Labute approximate surface area is 137 Å². The number of phenols is 1. The average molecular weight is 267 g/mol. The summed E-state index contributed by atoms with van der Waals surface area (Å²) in [5.41, 5.74) is -0.593. The van der Waals surface area contributed by atoms with Gasteiger partial charge in [-0.05, 0) is 24.3 Å².